The second kappa shape index (κ2) is 8.60. The van der Waals surface area contributed by atoms with Gasteiger partial charge in [0.1, 0.15) is 0 Å². The average molecular weight is 286 g/mol. The summed E-state index contributed by atoms with van der Waals surface area (Å²) in [5.74, 6) is -0.989. The molecular formula is C15H30N2O3. The van der Waals surface area contributed by atoms with Gasteiger partial charge in [0.2, 0.25) is 0 Å². The van der Waals surface area contributed by atoms with Gasteiger partial charge in [0.15, 0.2) is 0 Å². The van der Waals surface area contributed by atoms with E-state index >= 15 is 0 Å². The monoisotopic (exact) mass is 286 g/mol. The first-order valence-corrected chi connectivity index (χ1v) is 7.89. The molecule has 118 valence electrons. The maximum absolute atomic E-state index is 10.9. The Morgan fingerprint density at radius 2 is 1.90 bits per heavy atom. The number of nitrogens with zero attached hydrogens (tertiary/aromatic N) is 1. The number of aliphatic carboxylic acids is 1. The zero-order valence-corrected chi connectivity index (χ0v) is 12.9. The molecule has 0 atom stereocenters. The van der Waals surface area contributed by atoms with Crippen LogP contribution in [0.3, 0.4) is 0 Å². The molecule has 5 nitrogen and oxygen atoms in total. The summed E-state index contributed by atoms with van der Waals surface area (Å²) < 4.78 is 0. The highest BCUT2D eigenvalue weighted by Gasteiger charge is 2.35. The summed E-state index contributed by atoms with van der Waals surface area (Å²) in [6, 6.07) is 0. The molecule has 1 aliphatic carbocycles. The molecule has 1 fully saturated rings. The predicted molar refractivity (Wildman–Crippen MR) is 79.8 cm³/mol. The third kappa shape index (κ3) is 5.77. The Kier molecular flexibility index (Phi) is 7.48. The maximum Gasteiger partial charge on any atom is 0.306 e. The Bertz CT molecular complexity index is 285. The van der Waals surface area contributed by atoms with Gasteiger partial charge < -0.3 is 20.4 Å². The average Bonchev–Trinajstić information content (AvgIpc) is 2.43. The van der Waals surface area contributed by atoms with E-state index < -0.39 is 11.6 Å². The Labute approximate surface area is 122 Å². The third-order valence-electron chi connectivity index (χ3n) is 4.44. The first-order chi connectivity index (χ1) is 9.50. The van der Waals surface area contributed by atoms with Crippen LogP contribution in [0.2, 0.25) is 0 Å². The van der Waals surface area contributed by atoms with Crippen LogP contribution >= 0.6 is 0 Å². The van der Waals surface area contributed by atoms with Gasteiger partial charge in [-0.05, 0) is 58.3 Å². The summed E-state index contributed by atoms with van der Waals surface area (Å²) in [6.07, 6.45) is 3.44. The minimum atomic E-state index is -0.723. The van der Waals surface area contributed by atoms with Crippen LogP contribution in [0.1, 0.15) is 46.0 Å². The van der Waals surface area contributed by atoms with Crippen LogP contribution in [0, 0.1) is 5.92 Å². The Hall–Kier alpha value is -0.650. The van der Waals surface area contributed by atoms with Gasteiger partial charge in [-0.25, -0.2) is 0 Å². The molecule has 0 aromatic carbocycles. The highest BCUT2D eigenvalue weighted by atomic mass is 16.4. The van der Waals surface area contributed by atoms with Gasteiger partial charge in [0, 0.05) is 6.54 Å². The van der Waals surface area contributed by atoms with Crippen molar-refractivity contribution in [1.82, 2.24) is 10.2 Å². The highest BCUT2D eigenvalue weighted by Crippen LogP contribution is 2.31. The van der Waals surface area contributed by atoms with Crippen molar-refractivity contribution in [3.63, 3.8) is 0 Å². The van der Waals surface area contributed by atoms with Crippen LogP contribution in [-0.2, 0) is 4.79 Å². The number of carbonyl (C=O) groups is 1. The van der Waals surface area contributed by atoms with Crippen LogP contribution in [-0.4, -0.2) is 59.4 Å². The second-order valence-corrected chi connectivity index (χ2v) is 5.89. The fourth-order valence-corrected chi connectivity index (χ4v) is 2.87. The highest BCUT2D eigenvalue weighted by molar-refractivity contribution is 5.70. The van der Waals surface area contributed by atoms with E-state index in [1.165, 1.54) is 0 Å². The molecule has 0 amide bonds. The minimum absolute atomic E-state index is 0.266. The molecule has 3 N–H and O–H groups in total. The molecule has 0 unspecified atom stereocenters. The molecule has 5 heteroatoms. The minimum Gasteiger partial charge on any atom is -0.481 e. The third-order valence-corrected chi connectivity index (χ3v) is 4.44. The fraction of sp³-hybridized carbons (Fsp3) is 0.933. The van der Waals surface area contributed by atoms with Gasteiger partial charge in [-0.3, -0.25) is 4.79 Å². The molecule has 0 aliphatic heterocycles. The summed E-state index contributed by atoms with van der Waals surface area (Å²) in [5.41, 5.74) is -0.707. The lowest BCUT2D eigenvalue weighted by Gasteiger charge is -2.35. The van der Waals surface area contributed by atoms with Crippen LogP contribution in [0.15, 0.2) is 0 Å². The SMILES string of the molecule is CCN(CC)CCCNCC1(O)CCC(C(=O)O)CC1. The summed E-state index contributed by atoms with van der Waals surface area (Å²) in [4.78, 5) is 13.3. The number of aliphatic hydroxyl groups is 1. The summed E-state index contributed by atoms with van der Waals surface area (Å²) in [5, 5.41) is 22.7. The molecule has 1 rings (SSSR count). The van der Waals surface area contributed by atoms with E-state index in [1.807, 2.05) is 0 Å². The van der Waals surface area contributed by atoms with Gasteiger partial charge in [0.25, 0.3) is 0 Å². The first-order valence-electron chi connectivity index (χ1n) is 7.89. The predicted octanol–water partition coefficient (Wildman–Crippen LogP) is 1.31. The molecule has 0 aromatic rings. The summed E-state index contributed by atoms with van der Waals surface area (Å²) in [6.45, 7) is 9.06. The topological polar surface area (TPSA) is 72.8 Å². The van der Waals surface area contributed by atoms with E-state index in [2.05, 4.69) is 24.1 Å². The molecule has 0 saturated heterocycles. The lowest BCUT2D eigenvalue weighted by atomic mass is 9.79. The number of hydrogen-bond acceptors (Lipinski definition) is 4. The lowest BCUT2D eigenvalue weighted by Crippen LogP contribution is -2.45. The molecule has 0 heterocycles. The van der Waals surface area contributed by atoms with Crippen molar-refractivity contribution >= 4 is 5.97 Å². The largest absolute Gasteiger partial charge is 0.481 e. The molecule has 0 spiro atoms. The van der Waals surface area contributed by atoms with Crippen molar-refractivity contribution < 1.29 is 15.0 Å². The smallest absolute Gasteiger partial charge is 0.306 e. The van der Waals surface area contributed by atoms with Crippen molar-refractivity contribution in [3.05, 3.63) is 0 Å². The number of nitrogens with one attached hydrogen (secondary N) is 1. The van der Waals surface area contributed by atoms with Gasteiger partial charge in [-0.15, -0.1) is 0 Å². The number of rotatable bonds is 9. The summed E-state index contributed by atoms with van der Waals surface area (Å²) >= 11 is 0. The number of carboxylic acid groups (broad SMARTS) is 1. The Morgan fingerprint density at radius 3 is 2.40 bits per heavy atom. The lowest BCUT2D eigenvalue weighted by molar-refractivity contribution is -0.144. The van der Waals surface area contributed by atoms with Gasteiger partial charge in [0.05, 0.1) is 11.5 Å². The van der Waals surface area contributed by atoms with Crippen molar-refractivity contribution in [2.24, 2.45) is 5.92 Å². The maximum atomic E-state index is 10.9. The molecular weight excluding hydrogens is 256 g/mol. The second-order valence-electron chi connectivity index (χ2n) is 5.89. The van der Waals surface area contributed by atoms with Gasteiger partial charge in [-0.2, -0.15) is 0 Å². The zero-order valence-electron chi connectivity index (χ0n) is 12.9. The molecule has 1 saturated carbocycles. The van der Waals surface area contributed by atoms with Crippen LogP contribution in [0.25, 0.3) is 0 Å². The van der Waals surface area contributed by atoms with Crippen molar-refractivity contribution in [2.75, 3.05) is 32.7 Å². The molecule has 20 heavy (non-hydrogen) atoms. The standard InChI is InChI=1S/C15H30N2O3/c1-3-17(4-2)11-5-10-16-12-15(20)8-6-13(7-9-15)14(18)19/h13,16,20H,3-12H2,1-2H3,(H,18,19). The number of carboxylic acids is 1. The quantitative estimate of drug-likeness (QED) is 0.557. The van der Waals surface area contributed by atoms with E-state index in [0.717, 1.165) is 32.6 Å². The molecule has 0 radical (unpaired) electrons. The van der Waals surface area contributed by atoms with Crippen LogP contribution < -0.4 is 5.32 Å². The van der Waals surface area contributed by atoms with Crippen molar-refractivity contribution in [1.29, 1.82) is 0 Å². The van der Waals surface area contributed by atoms with E-state index in [1.54, 1.807) is 0 Å². The Balaban J connectivity index is 2.14. The van der Waals surface area contributed by atoms with Crippen molar-refractivity contribution in [2.45, 2.75) is 51.6 Å². The van der Waals surface area contributed by atoms with Crippen LogP contribution in [0.4, 0.5) is 0 Å². The first kappa shape index (κ1) is 17.4. The summed E-state index contributed by atoms with van der Waals surface area (Å²) in [7, 11) is 0. The molecule has 0 bridgehead atoms. The molecule has 1 aliphatic rings. The fourth-order valence-electron chi connectivity index (χ4n) is 2.87. The van der Waals surface area contributed by atoms with Crippen LogP contribution in [0.5, 0.6) is 0 Å². The number of hydrogen-bond donors (Lipinski definition) is 3. The van der Waals surface area contributed by atoms with E-state index in [-0.39, 0.29) is 5.92 Å². The van der Waals surface area contributed by atoms with E-state index in [9.17, 15) is 9.90 Å². The van der Waals surface area contributed by atoms with Gasteiger partial charge >= 0.3 is 5.97 Å². The molecule has 0 aromatic heterocycles. The normalized spacial score (nSPS) is 26.9. The zero-order chi connectivity index (χ0) is 15.0. The van der Waals surface area contributed by atoms with Crippen molar-refractivity contribution in [3.8, 4) is 0 Å². The van der Waals surface area contributed by atoms with E-state index in [0.29, 0.717) is 32.2 Å². The van der Waals surface area contributed by atoms with Gasteiger partial charge in [-0.1, -0.05) is 13.8 Å². The van der Waals surface area contributed by atoms with E-state index in [4.69, 9.17) is 5.11 Å². The Morgan fingerprint density at radius 1 is 1.30 bits per heavy atom.